The molecule has 3 fully saturated rings. The van der Waals surface area contributed by atoms with Crippen LogP contribution in [-0.4, -0.2) is 17.8 Å². The van der Waals surface area contributed by atoms with E-state index in [0.29, 0.717) is 28.8 Å². The van der Waals surface area contributed by atoms with Crippen molar-refractivity contribution in [2.45, 2.75) is 33.1 Å². The van der Waals surface area contributed by atoms with Crippen LogP contribution < -0.4 is 9.64 Å². The van der Waals surface area contributed by atoms with E-state index in [0.717, 1.165) is 30.4 Å². The first-order valence-electron chi connectivity index (χ1n) is 10.2. The molecule has 5 nitrogen and oxygen atoms in total. The molecule has 5 heteroatoms. The number of aryl methyl sites for hydroxylation is 1. The number of imide groups is 1. The molecule has 0 aromatic heterocycles. The summed E-state index contributed by atoms with van der Waals surface area (Å²) in [6.45, 7) is 3.88. The van der Waals surface area contributed by atoms with E-state index in [4.69, 9.17) is 4.74 Å². The highest BCUT2D eigenvalue weighted by Gasteiger charge is 2.61. The van der Waals surface area contributed by atoms with Crippen LogP contribution in [0.15, 0.2) is 42.5 Å². The lowest BCUT2D eigenvalue weighted by Crippen LogP contribution is -2.32. The number of benzene rings is 2. The fourth-order valence-electron chi connectivity index (χ4n) is 5.40. The summed E-state index contributed by atoms with van der Waals surface area (Å²) in [7, 11) is 0. The molecule has 2 amide bonds. The largest absolute Gasteiger partial charge is 0.423 e. The molecule has 0 unspecified atom stereocenters. The maximum atomic E-state index is 12.9. The van der Waals surface area contributed by atoms with Gasteiger partial charge in [-0.1, -0.05) is 12.1 Å². The lowest BCUT2D eigenvalue weighted by atomic mass is 9.81. The van der Waals surface area contributed by atoms with Crippen LogP contribution in [0.3, 0.4) is 0 Å². The van der Waals surface area contributed by atoms with Gasteiger partial charge in [0.2, 0.25) is 11.8 Å². The van der Waals surface area contributed by atoms with E-state index >= 15 is 0 Å². The molecule has 5 rings (SSSR count). The lowest BCUT2D eigenvalue weighted by Gasteiger charge is -2.19. The van der Waals surface area contributed by atoms with E-state index in [2.05, 4.69) is 0 Å². The summed E-state index contributed by atoms with van der Waals surface area (Å²) >= 11 is 0. The second-order valence-electron chi connectivity index (χ2n) is 8.53. The van der Waals surface area contributed by atoms with Crippen molar-refractivity contribution < 1.29 is 19.1 Å². The molecular weight excluding hydrogens is 366 g/mol. The number of hydrogen-bond acceptors (Lipinski definition) is 4. The number of fused-ring (bicyclic) bond motifs is 5. The van der Waals surface area contributed by atoms with Crippen LogP contribution >= 0.6 is 0 Å². The fraction of sp³-hybridized carbons (Fsp3) is 0.375. The topological polar surface area (TPSA) is 63.7 Å². The van der Waals surface area contributed by atoms with Gasteiger partial charge in [-0.15, -0.1) is 0 Å². The average molecular weight is 389 g/mol. The van der Waals surface area contributed by atoms with Gasteiger partial charge in [-0.05, 0) is 86.4 Å². The molecule has 2 aromatic rings. The minimum absolute atomic E-state index is 0.0714. The van der Waals surface area contributed by atoms with Gasteiger partial charge in [-0.2, -0.15) is 0 Å². The first-order valence-corrected chi connectivity index (χ1v) is 10.2. The van der Waals surface area contributed by atoms with Crippen molar-refractivity contribution in [2.75, 3.05) is 4.90 Å². The van der Waals surface area contributed by atoms with Crippen molar-refractivity contribution in [3.05, 3.63) is 59.2 Å². The quantitative estimate of drug-likeness (QED) is 0.451. The van der Waals surface area contributed by atoms with E-state index in [1.54, 1.807) is 30.3 Å². The number of amides is 2. The first kappa shape index (κ1) is 18.1. The molecule has 4 atom stereocenters. The first-order chi connectivity index (χ1) is 14.0. The third-order valence-corrected chi connectivity index (χ3v) is 7.05. The normalized spacial score (nSPS) is 27.4. The molecule has 2 saturated carbocycles. The van der Waals surface area contributed by atoms with Crippen LogP contribution in [0.5, 0.6) is 5.75 Å². The van der Waals surface area contributed by atoms with Crippen LogP contribution in [-0.2, 0) is 9.59 Å². The summed E-state index contributed by atoms with van der Waals surface area (Å²) < 4.78 is 5.53. The molecule has 29 heavy (non-hydrogen) atoms. The van der Waals surface area contributed by atoms with Gasteiger partial charge < -0.3 is 4.74 Å². The third-order valence-electron chi connectivity index (χ3n) is 7.05. The van der Waals surface area contributed by atoms with Gasteiger partial charge >= 0.3 is 5.97 Å². The smallest absolute Gasteiger partial charge is 0.343 e. The number of hydrogen-bond donors (Lipinski definition) is 0. The van der Waals surface area contributed by atoms with Gasteiger partial charge in [0, 0.05) is 0 Å². The molecule has 0 spiro atoms. The van der Waals surface area contributed by atoms with Gasteiger partial charge in [0.1, 0.15) is 5.75 Å². The van der Waals surface area contributed by atoms with E-state index < -0.39 is 5.97 Å². The predicted octanol–water partition coefficient (Wildman–Crippen LogP) is 4.06. The molecule has 0 radical (unpaired) electrons. The molecule has 2 bridgehead atoms. The fourth-order valence-corrected chi connectivity index (χ4v) is 5.40. The summed E-state index contributed by atoms with van der Waals surface area (Å²) in [6.07, 6.45) is 3.13. The van der Waals surface area contributed by atoms with Gasteiger partial charge in [-0.3, -0.25) is 14.5 Å². The van der Waals surface area contributed by atoms with Gasteiger partial charge in [-0.25, -0.2) is 4.79 Å². The molecule has 1 heterocycles. The Labute approximate surface area is 169 Å². The Morgan fingerprint density at radius 1 is 0.931 bits per heavy atom. The summed E-state index contributed by atoms with van der Waals surface area (Å²) in [6, 6.07) is 12.1. The van der Waals surface area contributed by atoms with Crippen molar-refractivity contribution in [1.29, 1.82) is 0 Å². The number of rotatable bonds is 3. The van der Waals surface area contributed by atoms with Crippen LogP contribution in [0.4, 0.5) is 5.69 Å². The third kappa shape index (κ3) is 2.71. The zero-order valence-corrected chi connectivity index (χ0v) is 16.6. The maximum Gasteiger partial charge on any atom is 0.343 e. The van der Waals surface area contributed by atoms with Crippen LogP contribution in [0, 0.1) is 37.5 Å². The Morgan fingerprint density at radius 2 is 1.55 bits per heavy atom. The SMILES string of the molecule is Cc1cccc(OC(=O)c2ccc(N3C(=O)[C@H]4[C@@H]5CC[C@@H](C5)[C@@H]4C3=O)cc2)c1C. The van der Waals surface area contributed by atoms with Crippen molar-refractivity contribution in [3.63, 3.8) is 0 Å². The Bertz CT molecular complexity index is 998. The van der Waals surface area contributed by atoms with Crippen molar-refractivity contribution in [1.82, 2.24) is 0 Å². The number of anilines is 1. The molecule has 2 aromatic carbocycles. The Morgan fingerprint density at radius 3 is 2.17 bits per heavy atom. The molecule has 3 aliphatic rings. The standard InChI is InChI=1S/C24H23NO4/c1-13-4-3-5-19(14(13)2)29-24(28)15-8-10-18(11-9-15)25-22(26)20-16-6-7-17(12-16)21(20)23(25)27/h3-5,8-11,16-17,20-21H,6-7,12H2,1-2H3/t16-,17+,20-,21-/m0/s1. The van der Waals surface area contributed by atoms with Gasteiger partial charge in [0.25, 0.3) is 0 Å². The van der Waals surface area contributed by atoms with Crippen molar-refractivity contribution >= 4 is 23.5 Å². The van der Waals surface area contributed by atoms with Crippen molar-refractivity contribution in [2.24, 2.45) is 23.7 Å². The minimum Gasteiger partial charge on any atom is -0.423 e. The predicted molar refractivity (Wildman–Crippen MR) is 108 cm³/mol. The zero-order valence-electron chi connectivity index (χ0n) is 16.6. The van der Waals surface area contributed by atoms with Crippen LogP contribution in [0.2, 0.25) is 0 Å². The highest BCUT2D eigenvalue weighted by atomic mass is 16.5. The lowest BCUT2D eigenvalue weighted by molar-refractivity contribution is -0.123. The second kappa shape index (κ2) is 6.55. The molecule has 1 aliphatic heterocycles. The summed E-state index contributed by atoms with van der Waals surface area (Å²) in [4.78, 5) is 39.7. The average Bonchev–Trinajstić information content (AvgIpc) is 3.39. The number of ether oxygens (including phenoxy) is 1. The number of carbonyl (C=O) groups excluding carboxylic acids is 3. The highest BCUT2D eigenvalue weighted by molar-refractivity contribution is 6.22. The zero-order chi connectivity index (χ0) is 20.3. The van der Waals surface area contributed by atoms with Gasteiger partial charge in [0.15, 0.2) is 0 Å². The van der Waals surface area contributed by atoms with E-state index in [-0.39, 0.29) is 23.7 Å². The highest BCUT2D eigenvalue weighted by Crippen LogP contribution is 2.56. The van der Waals surface area contributed by atoms with E-state index in [1.165, 1.54) is 4.90 Å². The molecule has 1 saturated heterocycles. The monoisotopic (exact) mass is 389 g/mol. The summed E-state index contributed by atoms with van der Waals surface area (Å²) in [5, 5.41) is 0. The van der Waals surface area contributed by atoms with Crippen LogP contribution in [0.25, 0.3) is 0 Å². The molecular formula is C24H23NO4. The minimum atomic E-state index is -0.459. The number of esters is 1. The Balaban J connectivity index is 1.35. The molecule has 148 valence electrons. The number of carbonyl (C=O) groups is 3. The molecule has 2 aliphatic carbocycles. The van der Waals surface area contributed by atoms with Crippen LogP contribution in [0.1, 0.15) is 40.7 Å². The Hall–Kier alpha value is -2.95. The molecule has 0 N–H and O–H groups in total. The van der Waals surface area contributed by atoms with E-state index in [1.807, 2.05) is 26.0 Å². The number of nitrogens with zero attached hydrogens (tertiary/aromatic N) is 1. The van der Waals surface area contributed by atoms with Crippen molar-refractivity contribution in [3.8, 4) is 5.75 Å². The van der Waals surface area contributed by atoms with E-state index in [9.17, 15) is 14.4 Å². The summed E-state index contributed by atoms with van der Waals surface area (Å²) in [5.74, 6) is 0.365. The summed E-state index contributed by atoms with van der Waals surface area (Å²) in [5.41, 5.74) is 2.90. The Kier molecular flexibility index (Phi) is 4.09. The maximum absolute atomic E-state index is 12.9. The second-order valence-corrected chi connectivity index (χ2v) is 8.53. The van der Waals surface area contributed by atoms with Gasteiger partial charge in [0.05, 0.1) is 23.1 Å².